The predicted octanol–water partition coefficient (Wildman–Crippen LogP) is 4.57. The van der Waals surface area contributed by atoms with Crippen LogP contribution in [0.1, 0.15) is 21.7 Å². The van der Waals surface area contributed by atoms with Crippen molar-refractivity contribution in [2.75, 3.05) is 38.6 Å². The third kappa shape index (κ3) is 6.28. The molecule has 5 rings (SSSR count). The van der Waals surface area contributed by atoms with Crippen LogP contribution in [0, 0.1) is 0 Å². The fourth-order valence-corrected chi connectivity index (χ4v) is 4.51. The van der Waals surface area contributed by atoms with E-state index >= 15 is 0 Å². The zero-order valence-corrected chi connectivity index (χ0v) is 21.4. The largest absolute Gasteiger partial charge is 0.458 e. The molecule has 1 aliphatic rings. The molecule has 9 heteroatoms. The van der Waals surface area contributed by atoms with E-state index in [0.717, 1.165) is 35.2 Å². The number of nitrogens with one attached hydrogen (secondary N) is 1. The number of Topliss-reactive ketones (excluding diaryl/α,β-unsaturated/α-hetero) is 1. The Morgan fingerprint density at radius 1 is 1.05 bits per heavy atom. The second kappa shape index (κ2) is 11.6. The van der Waals surface area contributed by atoms with Gasteiger partial charge in [-0.25, -0.2) is 4.98 Å². The number of hydrogen-bond acceptors (Lipinski definition) is 7. The van der Waals surface area contributed by atoms with Gasteiger partial charge in [0.2, 0.25) is 5.91 Å². The number of halogens is 1. The minimum Gasteiger partial charge on any atom is -0.458 e. The summed E-state index contributed by atoms with van der Waals surface area (Å²) in [4.78, 5) is 31.0. The number of furan rings is 1. The van der Waals surface area contributed by atoms with E-state index in [-0.39, 0.29) is 18.2 Å². The van der Waals surface area contributed by atoms with Crippen molar-refractivity contribution < 1.29 is 18.7 Å². The normalized spacial score (nSPS) is 14.2. The summed E-state index contributed by atoms with van der Waals surface area (Å²) in [6.07, 6.45) is 4.68. The van der Waals surface area contributed by atoms with Gasteiger partial charge in [-0.2, -0.15) is 0 Å². The van der Waals surface area contributed by atoms with Gasteiger partial charge in [-0.1, -0.05) is 35.9 Å². The molecule has 0 unspecified atom stereocenters. The van der Waals surface area contributed by atoms with Gasteiger partial charge in [-0.05, 0) is 53.1 Å². The number of carbonyl (C=O) groups is 2. The Bertz CT molecular complexity index is 1470. The van der Waals surface area contributed by atoms with E-state index in [1.165, 1.54) is 6.08 Å². The van der Waals surface area contributed by atoms with Crippen LogP contribution in [0.4, 0.5) is 5.82 Å². The molecule has 8 nitrogen and oxygen atoms in total. The Morgan fingerprint density at radius 2 is 1.84 bits per heavy atom. The molecule has 2 aromatic heterocycles. The summed E-state index contributed by atoms with van der Waals surface area (Å²) >= 11 is 6.53. The standard InChI is InChI=1S/C29H27ClN4O4/c30-25-15-22(20-3-5-21(6-4-20)26(35)18-34-9-11-37-12-10-34)13-23-14-24(38-29(23)25)17-33-28(36)8-2-19-1-7-27(31)32-16-19/h1-8,13-16H,9-12,17-18H2,(H2,31,32)(H,33,36)/b8-2+. The van der Waals surface area contributed by atoms with E-state index in [9.17, 15) is 9.59 Å². The molecule has 0 radical (unpaired) electrons. The van der Waals surface area contributed by atoms with Gasteiger partial charge in [-0.3, -0.25) is 14.5 Å². The number of morpholine rings is 1. The van der Waals surface area contributed by atoms with Gasteiger partial charge < -0.3 is 20.2 Å². The molecule has 0 spiro atoms. The third-order valence-electron chi connectivity index (χ3n) is 6.31. The van der Waals surface area contributed by atoms with Crippen LogP contribution < -0.4 is 11.1 Å². The highest BCUT2D eigenvalue weighted by Gasteiger charge is 2.16. The first-order valence-electron chi connectivity index (χ1n) is 12.3. The number of pyridine rings is 1. The molecule has 0 atom stereocenters. The zero-order valence-electron chi connectivity index (χ0n) is 20.7. The summed E-state index contributed by atoms with van der Waals surface area (Å²) in [7, 11) is 0. The first-order chi connectivity index (χ1) is 18.4. The highest BCUT2D eigenvalue weighted by molar-refractivity contribution is 6.35. The van der Waals surface area contributed by atoms with Crippen molar-refractivity contribution in [3.05, 3.63) is 88.8 Å². The second-order valence-corrected chi connectivity index (χ2v) is 9.45. The third-order valence-corrected chi connectivity index (χ3v) is 6.59. The van der Waals surface area contributed by atoms with Crippen molar-refractivity contribution in [2.45, 2.75) is 6.54 Å². The number of aromatic nitrogens is 1. The molecule has 1 amide bonds. The number of nitrogens with two attached hydrogens (primary N) is 1. The lowest BCUT2D eigenvalue weighted by molar-refractivity contribution is -0.116. The monoisotopic (exact) mass is 530 g/mol. The number of nitrogens with zero attached hydrogens (tertiary/aromatic N) is 2. The summed E-state index contributed by atoms with van der Waals surface area (Å²) in [5.74, 6) is 0.828. The van der Waals surface area contributed by atoms with Crippen LogP contribution in [0.2, 0.25) is 5.02 Å². The van der Waals surface area contributed by atoms with E-state index in [0.29, 0.717) is 47.5 Å². The molecule has 3 heterocycles. The lowest BCUT2D eigenvalue weighted by Gasteiger charge is -2.25. The number of hydrogen-bond donors (Lipinski definition) is 2. The minimum absolute atomic E-state index is 0.0911. The Balaban J connectivity index is 1.23. The molecule has 38 heavy (non-hydrogen) atoms. The molecule has 3 N–H and O–H groups in total. The average molecular weight is 531 g/mol. The Morgan fingerprint density at radius 3 is 2.58 bits per heavy atom. The maximum Gasteiger partial charge on any atom is 0.244 e. The molecule has 1 fully saturated rings. The highest BCUT2D eigenvalue weighted by Crippen LogP contribution is 2.33. The fourth-order valence-electron chi connectivity index (χ4n) is 4.24. The molecule has 0 saturated carbocycles. The lowest BCUT2D eigenvalue weighted by atomic mass is 10.0. The molecule has 2 aromatic carbocycles. The van der Waals surface area contributed by atoms with Crippen LogP contribution in [-0.2, 0) is 16.1 Å². The van der Waals surface area contributed by atoms with E-state index in [4.69, 9.17) is 26.5 Å². The fraction of sp³-hybridized carbons (Fsp3) is 0.207. The number of fused-ring (bicyclic) bond motifs is 1. The van der Waals surface area contributed by atoms with E-state index in [1.54, 1.807) is 24.4 Å². The van der Waals surface area contributed by atoms with E-state index in [2.05, 4.69) is 15.2 Å². The van der Waals surface area contributed by atoms with Gasteiger partial charge in [0, 0.05) is 36.3 Å². The summed E-state index contributed by atoms with van der Waals surface area (Å²) < 4.78 is 11.2. The number of ether oxygens (including phenoxy) is 1. The maximum atomic E-state index is 12.7. The van der Waals surface area contributed by atoms with Crippen LogP contribution >= 0.6 is 11.6 Å². The summed E-state index contributed by atoms with van der Waals surface area (Å²) in [6.45, 7) is 3.48. The first kappa shape index (κ1) is 25.7. The van der Waals surface area contributed by atoms with Gasteiger partial charge in [0.05, 0.1) is 31.3 Å². The summed E-state index contributed by atoms with van der Waals surface area (Å²) in [5.41, 5.74) is 9.42. The van der Waals surface area contributed by atoms with Crippen LogP contribution in [0.25, 0.3) is 28.2 Å². The Kier molecular flexibility index (Phi) is 7.83. The van der Waals surface area contributed by atoms with Gasteiger partial charge in [0.25, 0.3) is 0 Å². The first-order valence-corrected chi connectivity index (χ1v) is 12.7. The SMILES string of the molecule is Nc1ccc(/C=C/C(=O)NCc2cc3cc(-c4ccc(C(=O)CN5CCOCC5)cc4)cc(Cl)c3o2)cn1. The van der Waals surface area contributed by atoms with Crippen molar-refractivity contribution >= 4 is 46.2 Å². The van der Waals surface area contributed by atoms with Crippen LogP contribution in [0.3, 0.4) is 0 Å². The number of nitrogen functional groups attached to an aromatic ring is 1. The maximum absolute atomic E-state index is 12.7. The van der Waals surface area contributed by atoms with Crippen molar-refractivity contribution in [3.63, 3.8) is 0 Å². The number of carbonyl (C=O) groups excluding carboxylic acids is 2. The van der Waals surface area contributed by atoms with Gasteiger partial charge >= 0.3 is 0 Å². The average Bonchev–Trinajstić information content (AvgIpc) is 3.36. The van der Waals surface area contributed by atoms with Crippen molar-refractivity contribution in [2.24, 2.45) is 0 Å². The van der Waals surface area contributed by atoms with E-state index < -0.39 is 0 Å². The smallest absolute Gasteiger partial charge is 0.244 e. The molecule has 1 saturated heterocycles. The Hall–Kier alpha value is -3.98. The van der Waals surface area contributed by atoms with Crippen molar-refractivity contribution in [3.8, 4) is 11.1 Å². The van der Waals surface area contributed by atoms with Crippen molar-refractivity contribution in [1.82, 2.24) is 15.2 Å². The number of benzene rings is 2. The van der Waals surface area contributed by atoms with Crippen LogP contribution in [-0.4, -0.2) is 54.4 Å². The number of amides is 1. The number of anilines is 1. The van der Waals surface area contributed by atoms with Crippen molar-refractivity contribution in [1.29, 1.82) is 0 Å². The highest BCUT2D eigenvalue weighted by atomic mass is 35.5. The topological polar surface area (TPSA) is 111 Å². The summed E-state index contributed by atoms with van der Waals surface area (Å²) in [5, 5.41) is 4.10. The van der Waals surface area contributed by atoms with Gasteiger partial charge in [-0.15, -0.1) is 0 Å². The van der Waals surface area contributed by atoms with Crippen LogP contribution in [0.5, 0.6) is 0 Å². The van der Waals surface area contributed by atoms with Crippen LogP contribution in [0.15, 0.2) is 71.3 Å². The minimum atomic E-state index is -0.266. The molecule has 194 valence electrons. The second-order valence-electron chi connectivity index (χ2n) is 9.05. The Labute approximate surface area is 225 Å². The van der Waals surface area contributed by atoms with Gasteiger partial charge in [0.15, 0.2) is 11.4 Å². The molecular formula is C29H27ClN4O4. The van der Waals surface area contributed by atoms with E-state index in [1.807, 2.05) is 42.5 Å². The van der Waals surface area contributed by atoms with Gasteiger partial charge in [0.1, 0.15) is 11.6 Å². The zero-order chi connectivity index (χ0) is 26.5. The molecule has 4 aromatic rings. The molecular weight excluding hydrogens is 504 g/mol. The molecule has 0 bridgehead atoms. The lowest BCUT2D eigenvalue weighted by Crippen LogP contribution is -2.39. The quantitative estimate of drug-likeness (QED) is 0.253. The summed E-state index contributed by atoms with van der Waals surface area (Å²) in [6, 6.07) is 16.7. The predicted molar refractivity (Wildman–Crippen MR) is 148 cm³/mol. The molecule has 1 aliphatic heterocycles. The number of rotatable bonds is 8. The number of ketones is 1. The molecule has 0 aliphatic carbocycles.